The van der Waals surface area contributed by atoms with Crippen molar-refractivity contribution in [3.05, 3.63) is 72.9 Å². The molecule has 0 aliphatic carbocycles. The van der Waals surface area contributed by atoms with Gasteiger partial charge < -0.3 is 20.1 Å². The SMILES string of the molecule is CCC=CCC=CCC=CCCCCCCCC(=O)OC(COC(=O)CCCC=CCC=CCC=CCCCCCCCC)COP(=O)(O)OCCN. The van der Waals surface area contributed by atoms with Crippen molar-refractivity contribution in [1.82, 2.24) is 0 Å². The Bertz CT molecular complexity index is 1100. The molecule has 0 saturated heterocycles. The number of hydrogen-bond donors (Lipinski definition) is 2. The molecule has 0 heterocycles. The van der Waals surface area contributed by atoms with E-state index in [-0.39, 0.29) is 32.6 Å². The first-order chi connectivity index (χ1) is 25.8. The first-order valence-corrected chi connectivity index (χ1v) is 21.9. The van der Waals surface area contributed by atoms with E-state index in [9.17, 15) is 19.0 Å². The van der Waals surface area contributed by atoms with Gasteiger partial charge in [-0.15, -0.1) is 0 Å². The smallest absolute Gasteiger partial charge is 0.462 e. The number of nitrogens with two attached hydrogens (primary N) is 1. The van der Waals surface area contributed by atoms with E-state index in [4.69, 9.17) is 24.3 Å². The summed E-state index contributed by atoms with van der Waals surface area (Å²) in [5, 5.41) is 0. The van der Waals surface area contributed by atoms with E-state index in [1.807, 2.05) is 0 Å². The molecule has 0 aromatic rings. The Balaban J connectivity index is 4.31. The highest BCUT2D eigenvalue weighted by Crippen LogP contribution is 2.43. The van der Waals surface area contributed by atoms with Crippen molar-refractivity contribution < 1.29 is 37.6 Å². The Labute approximate surface area is 322 Å². The Morgan fingerprint density at radius 1 is 0.585 bits per heavy atom. The largest absolute Gasteiger partial charge is 0.472 e. The van der Waals surface area contributed by atoms with Crippen LogP contribution in [0.15, 0.2) is 72.9 Å². The van der Waals surface area contributed by atoms with Crippen LogP contribution in [0.4, 0.5) is 0 Å². The highest BCUT2D eigenvalue weighted by atomic mass is 31.2. The molecular weight excluding hydrogens is 689 g/mol. The zero-order chi connectivity index (χ0) is 38.9. The Morgan fingerprint density at radius 3 is 1.60 bits per heavy atom. The lowest BCUT2D eigenvalue weighted by Gasteiger charge is -2.19. The highest BCUT2D eigenvalue weighted by molar-refractivity contribution is 7.47. The molecule has 0 bridgehead atoms. The summed E-state index contributed by atoms with van der Waals surface area (Å²) >= 11 is 0. The van der Waals surface area contributed by atoms with Crippen molar-refractivity contribution >= 4 is 19.8 Å². The quantitative estimate of drug-likeness (QED) is 0.0274. The molecule has 3 N–H and O–H groups in total. The monoisotopic (exact) mass is 764 g/mol. The minimum absolute atomic E-state index is 0.0402. The molecule has 9 nitrogen and oxygen atoms in total. The maximum absolute atomic E-state index is 12.5. The molecule has 0 aromatic heterocycles. The second-order valence-corrected chi connectivity index (χ2v) is 14.6. The van der Waals surface area contributed by atoms with Crippen LogP contribution in [0.2, 0.25) is 0 Å². The van der Waals surface area contributed by atoms with Crippen molar-refractivity contribution in [3.8, 4) is 0 Å². The highest BCUT2D eigenvalue weighted by Gasteiger charge is 2.25. The van der Waals surface area contributed by atoms with Crippen LogP contribution >= 0.6 is 7.82 Å². The van der Waals surface area contributed by atoms with Crippen LogP contribution in [0.1, 0.15) is 155 Å². The molecule has 2 atom stereocenters. The molecule has 0 aromatic carbocycles. The molecule has 0 saturated carbocycles. The first-order valence-electron chi connectivity index (χ1n) is 20.4. The average Bonchev–Trinajstić information content (AvgIpc) is 3.14. The minimum Gasteiger partial charge on any atom is -0.462 e. The third-order valence-electron chi connectivity index (χ3n) is 8.08. The molecule has 0 fully saturated rings. The van der Waals surface area contributed by atoms with E-state index < -0.39 is 32.5 Å². The number of unbranched alkanes of at least 4 members (excludes halogenated alkanes) is 12. The van der Waals surface area contributed by atoms with Gasteiger partial charge in [0.1, 0.15) is 6.61 Å². The summed E-state index contributed by atoms with van der Waals surface area (Å²) in [4.78, 5) is 34.8. The molecule has 53 heavy (non-hydrogen) atoms. The van der Waals surface area contributed by atoms with E-state index in [1.54, 1.807) is 0 Å². The number of hydrogen-bond acceptors (Lipinski definition) is 8. The summed E-state index contributed by atoms with van der Waals surface area (Å²) < 4.78 is 32.6. The molecular formula is C43H74NO8P. The van der Waals surface area contributed by atoms with Crippen LogP contribution in [0, 0.1) is 0 Å². The van der Waals surface area contributed by atoms with Crippen LogP contribution in [0.25, 0.3) is 0 Å². The fourth-order valence-electron chi connectivity index (χ4n) is 5.07. The lowest BCUT2D eigenvalue weighted by molar-refractivity contribution is -0.161. The lowest BCUT2D eigenvalue weighted by Crippen LogP contribution is -2.29. The summed E-state index contributed by atoms with van der Waals surface area (Å²) in [6.45, 7) is 3.51. The van der Waals surface area contributed by atoms with Gasteiger partial charge in [0, 0.05) is 19.4 Å². The molecule has 0 radical (unpaired) electrons. The van der Waals surface area contributed by atoms with E-state index >= 15 is 0 Å². The standard InChI is InChI=1S/C43H74NO8P/c1-3-5-7-9-11-13-15-17-19-20-22-23-25-27-29-31-33-35-42(45)49-39-41(40-51-53(47,48)50-38-37-44)52-43(46)36-34-32-30-28-26-24-21-18-16-14-12-10-8-6-4-2/h6,8,12,14,17-19,21-23,27,29,41H,3-5,7,9-11,13,15-16,20,24-26,28,30-40,44H2,1-2H3,(H,47,48). The number of ether oxygens (including phenoxy) is 2. The predicted molar refractivity (Wildman–Crippen MR) is 219 cm³/mol. The summed E-state index contributed by atoms with van der Waals surface area (Å²) in [7, 11) is -4.39. The van der Waals surface area contributed by atoms with Gasteiger partial charge in [0.2, 0.25) is 0 Å². The van der Waals surface area contributed by atoms with Crippen LogP contribution in [-0.2, 0) is 32.7 Å². The summed E-state index contributed by atoms with van der Waals surface area (Å²) in [5.41, 5.74) is 5.33. The van der Waals surface area contributed by atoms with E-state index in [0.717, 1.165) is 77.0 Å². The Hall–Kier alpha value is -2.55. The van der Waals surface area contributed by atoms with Crippen molar-refractivity contribution in [1.29, 1.82) is 0 Å². The van der Waals surface area contributed by atoms with Crippen molar-refractivity contribution in [2.24, 2.45) is 5.73 Å². The minimum atomic E-state index is -4.39. The van der Waals surface area contributed by atoms with E-state index in [2.05, 4.69) is 86.8 Å². The zero-order valence-corrected chi connectivity index (χ0v) is 34.1. The number of rotatable bonds is 37. The molecule has 0 amide bonds. The summed E-state index contributed by atoms with van der Waals surface area (Å²) in [6.07, 6.45) is 46.5. The lowest BCUT2D eigenvalue weighted by atomic mass is 10.1. The van der Waals surface area contributed by atoms with Gasteiger partial charge in [0.05, 0.1) is 13.2 Å². The Kier molecular flexibility index (Phi) is 37.3. The number of carbonyl (C=O) groups excluding carboxylic acids is 2. The zero-order valence-electron chi connectivity index (χ0n) is 33.2. The van der Waals surface area contributed by atoms with E-state index in [1.165, 1.54) is 38.5 Å². The summed E-state index contributed by atoms with van der Waals surface area (Å²) in [6, 6.07) is 0. The maximum atomic E-state index is 12.5. The Morgan fingerprint density at radius 2 is 1.06 bits per heavy atom. The van der Waals surface area contributed by atoms with Gasteiger partial charge in [0.15, 0.2) is 6.10 Å². The van der Waals surface area contributed by atoms with Gasteiger partial charge >= 0.3 is 19.8 Å². The fraction of sp³-hybridized carbons (Fsp3) is 0.674. The number of phosphoric ester groups is 1. The molecule has 0 aliphatic heterocycles. The topological polar surface area (TPSA) is 134 Å². The third kappa shape index (κ3) is 39.0. The van der Waals surface area contributed by atoms with Gasteiger partial charge in [0.25, 0.3) is 0 Å². The summed E-state index contributed by atoms with van der Waals surface area (Å²) in [5.74, 6) is -0.917. The number of carbonyl (C=O) groups is 2. The second kappa shape index (κ2) is 39.2. The first kappa shape index (κ1) is 50.5. The second-order valence-electron chi connectivity index (χ2n) is 13.1. The molecule has 2 unspecified atom stereocenters. The van der Waals surface area contributed by atoms with Crippen LogP contribution in [0.3, 0.4) is 0 Å². The van der Waals surface area contributed by atoms with Crippen LogP contribution in [-0.4, -0.2) is 49.3 Å². The van der Waals surface area contributed by atoms with E-state index in [0.29, 0.717) is 12.8 Å². The predicted octanol–water partition coefficient (Wildman–Crippen LogP) is 11.5. The average molecular weight is 764 g/mol. The molecule has 0 rings (SSSR count). The van der Waals surface area contributed by atoms with Gasteiger partial charge in [-0.2, -0.15) is 0 Å². The van der Waals surface area contributed by atoms with Crippen molar-refractivity contribution in [2.75, 3.05) is 26.4 Å². The third-order valence-corrected chi connectivity index (χ3v) is 9.06. The molecule has 0 spiro atoms. The van der Waals surface area contributed by atoms with Crippen molar-refractivity contribution in [3.63, 3.8) is 0 Å². The number of allylic oxidation sites excluding steroid dienone is 12. The van der Waals surface area contributed by atoms with Gasteiger partial charge in [-0.1, -0.05) is 138 Å². The molecule has 0 aliphatic rings. The number of esters is 2. The fourth-order valence-corrected chi connectivity index (χ4v) is 5.84. The normalized spacial score (nSPS) is 14.1. The van der Waals surface area contributed by atoms with Gasteiger partial charge in [-0.3, -0.25) is 18.6 Å². The molecule has 304 valence electrons. The maximum Gasteiger partial charge on any atom is 0.472 e. The molecule has 10 heteroatoms. The van der Waals surface area contributed by atoms with Gasteiger partial charge in [-0.25, -0.2) is 4.57 Å². The van der Waals surface area contributed by atoms with Crippen LogP contribution in [0.5, 0.6) is 0 Å². The van der Waals surface area contributed by atoms with Gasteiger partial charge in [-0.05, 0) is 77.0 Å². The number of phosphoric acid groups is 1. The van der Waals surface area contributed by atoms with Crippen molar-refractivity contribution in [2.45, 2.75) is 161 Å². The van der Waals surface area contributed by atoms with Crippen LogP contribution < -0.4 is 5.73 Å².